The molecule has 1 fully saturated rings. The minimum Gasteiger partial charge on any atom is -0.395 e. The van der Waals surface area contributed by atoms with Gasteiger partial charge in [0.15, 0.2) is 5.15 Å². The largest absolute Gasteiger partial charge is 0.395 e. The molecular formula is C22H25ClN4. The third kappa shape index (κ3) is 4.02. The zero-order valence-corrected chi connectivity index (χ0v) is 16.4. The lowest BCUT2D eigenvalue weighted by Gasteiger charge is -2.16. The van der Waals surface area contributed by atoms with Crippen LogP contribution in [0.25, 0.3) is 10.9 Å². The Balaban J connectivity index is 1.56. The van der Waals surface area contributed by atoms with Crippen LogP contribution in [0, 0.1) is 6.92 Å². The summed E-state index contributed by atoms with van der Waals surface area (Å²) in [6, 6.07) is 14.9. The van der Waals surface area contributed by atoms with Crippen LogP contribution >= 0.6 is 11.6 Å². The Morgan fingerprint density at radius 2 is 1.89 bits per heavy atom. The Morgan fingerprint density at radius 1 is 1.11 bits per heavy atom. The predicted molar refractivity (Wildman–Crippen MR) is 114 cm³/mol. The molecule has 0 saturated carbocycles. The molecule has 27 heavy (non-hydrogen) atoms. The molecule has 1 saturated heterocycles. The van der Waals surface area contributed by atoms with E-state index in [0.717, 1.165) is 23.1 Å². The average molecular weight is 381 g/mol. The number of hydrogen-bond acceptors (Lipinski definition) is 4. The lowest BCUT2D eigenvalue weighted by Crippen LogP contribution is -2.18. The highest BCUT2D eigenvalue weighted by atomic mass is 35.5. The normalized spacial score (nSPS) is 14.7. The van der Waals surface area contributed by atoms with Gasteiger partial charge in [-0.05, 0) is 56.1 Å². The summed E-state index contributed by atoms with van der Waals surface area (Å²) in [4.78, 5) is 6.92. The molecule has 4 nitrogen and oxygen atoms in total. The number of nitrogens with two attached hydrogens (primary N) is 1. The molecule has 5 heteroatoms. The van der Waals surface area contributed by atoms with E-state index >= 15 is 0 Å². The third-order valence-corrected chi connectivity index (χ3v) is 5.49. The van der Waals surface area contributed by atoms with E-state index in [2.05, 4.69) is 52.5 Å². The van der Waals surface area contributed by atoms with Gasteiger partial charge in [0.2, 0.25) is 0 Å². The van der Waals surface area contributed by atoms with Crippen molar-refractivity contribution in [2.24, 2.45) is 0 Å². The number of hydrogen-bond donors (Lipinski definition) is 2. The van der Waals surface area contributed by atoms with E-state index in [1.165, 1.54) is 42.6 Å². The van der Waals surface area contributed by atoms with Gasteiger partial charge in [0.1, 0.15) is 0 Å². The fraction of sp³-hybridized carbons (Fsp3) is 0.318. The van der Waals surface area contributed by atoms with Crippen molar-refractivity contribution in [2.45, 2.75) is 32.9 Å². The molecule has 0 radical (unpaired) electrons. The molecule has 0 spiro atoms. The quantitative estimate of drug-likeness (QED) is 0.612. The first-order chi connectivity index (χ1) is 13.1. The second-order valence-corrected chi connectivity index (χ2v) is 7.73. The number of anilines is 2. The lowest BCUT2D eigenvalue weighted by molar-refractivity contribution is 0.331. The van der Waals surface area contributed by atoms with Crippen molar-refractivity contribution in [3.05, 3.63) is 64.3 Å². The Labute approximate surface area is 165 Å². The van der Waals surface area contributed by atoms with Gasteiger partial charge < -0.3 is 11.1 Å². The van der Waals surface area contributed by atoms with Gasteiger partial charge in [0, 0.05) is 18.5 Å². The van der Waals surface area contributed by atoms with Crippen molar-refractivity contribution >= 4 is 33.9 Å². The Hall–Kier alpha value is -2.30. The fourth-order valence-corrected chi connectivity index (χ4v) is 3.97. The van der Waals surface area contributed by atoms with Gasteiger partial charge in [0.05, 0.1) is 16.9 Å². The zero-order chi connectivity index (χ0) is 18.8. The molecule has 2 aromatic carbocycles. The number of likely N-dealkylation sites (tertiary alicyclic amines) is 1. The third-order valence-electron chi connectivity index (χ3n) is 5.20. The standard InChI is InChI=1S/C22H25ClN4/c1-15-7-8-19-18(11-15)21(20(24)22(23)26-19)25-13-16-5-4-6-17(12-16)14-27-9-2-3-10-27/h4-8,11-12H,2-3,9-10,13-14,24H2,1H3,(H,25,26). The molecule has 0 bridgehead atoms. The summed E-state index contributed by atoms with van der Waals surface area (Å²) >= 11 is 6.25. The SMILES string of the molecule is Cc1ccc2nc(Cl)c(N)c(NCc3cccc(CN4CCCC4)c3)c2c1. The van der Waals surface area contributed by atoms with Crippen LogP contribution < -0.4 is 11.1 Å². The van der Waals surface area contributed by atoms with Crippen molar-refractivity contribution in [1.82, 2.24) is 9.88 Å². The Morgan fingerprint density at radius 3 is 2.70 bits per heavy atom. The maximum absolute atomic E-state index is 6.25. The van der Waals surface area contributed by atoms with Crippen LogP contribution in [0.4, 0.5) is 11.4 Å². The highest BCUT2D eigenvalue weighted by Gasteiger charge is 2.13. The van der Waals surface area contributed by atoms with Gasteiger partial charge in [-0.25, -0.2) is 4.98 Å². The number of benzene rings is 2. The molecule has 1 aliphatic rings. The number of halogens is 1. The van der Waals surface area contributed by atoms with E-state index < -0.39 is 0 Å². The molecule has 3 aromatic rings. The van der Waals surface area contributed by atoms with Gasteiger partial charge in [-0.15, -0.1) is 0 Å². The van der Waals surface area contributed by atoms with E-state index in [9.17, 15) is 0 Å². The average Bonchev–Trinajstić information content (AvgIpc) is 3.16. The molecule has 1 aliphatic heterocycles. The van der Waals surface area contributed by atoms with E-state index in [0.29, 0.717) is 17.4 Å². The summed E-state index contributed by atoms with van der Waals surface area (Å²) in [7, 11) is 0. The number of nitrogen functional groups attached to an aromatic ring is 1. The van der Waals surface area contributed by atoms with Crippen LogP contribution in [-0.4, -0.2) is 23.0 Å². The molecular weight excluding hydrogens is 356 g/mol. The van der Waals surface area contributed by atoms with Crippen LogP contribution in [-0.2, 0) is 13.1 Å². The minimum atomic E-state index is 0.344. The molecule has 0 amide bonds. The summed E-state index contributed by atoms with van der Waals surface area (Å²) in [6.07, 6.45) is 2.63. The molecule has 2 heterocycles. The van der Waals surface area contributed by atoms with Crippen LogP contribution in [0.1, 0.15) is 29.5 Å². The highest BCUT2D eigenvalue weighted by molar-refractivity contribution is 6.33. The second-order valence-electron chi connectivity index (χ2n) is 7.37. The number of rotatable bonds is 5. The molecule has 0 atom stereocenters. The van der Waals surface area contributed by atoms with Crippen LogP contribution in [0.2, 0.25) is 5.15 Å². The summed E-state index contributed by atoms with van der Waals surface area (Å²) in [5, 5.41) is 4.85. The van der Waals surface area contributed by atoms with Crippen LogP contribution in [0.3, 0.4) is 0 Å². The van der Waals surface area contributed by atoms with Crippen molar-refractivity contribution in [3.63, 3.8) is 0 Å². The van der Waals surface area contributed by atoms with Crippen LogP contribution in [0.15, 0.2) is 42.5 Å². The number of aromatic nitrogens is 1. The van der Waals surface area contributed by atoms with Crippen molar-refractivity contribution in [2.75, 3.05) is 24.1 Å². The summed E-state index contributed by atoms with van der Waals surface area (Å²) in [6.45, 7) is 6.20. The Kier molecular flexibility index (Phi) is 5.19. The van der Waals surface area contributed by atoms with Gasteiger partial charge in [-0.1, -0.05) is 47.5 Å². The molecule has 0 aliphatic carbocycles. The molecule has 0 unspecified atom stereocenters. The maximum atomic E-state index is 6.25. The monoisotopic (exact) mass is 380 g/mol. The van der Waals surface area contributed by atoms with E-state index in [1.807, 2.05) is 12.1 Å². The fourth-order valence-electron chi connectivity index (χ4n) is 3.78. The first kappa shape index (κ1) is 18.1. The van der Waals surface area contributed by atoms with Gasteiger partial charge in [-0.3, -0.25) is 4.90 Å². The molecule has 4 rings (SSSR count). The zero-order valence-electron chi connectivity index (χ0n) is 15.6. The molecule has 1 aromatic heterocycles. The van der Waals surface area contributed by atoms with Gasteiger partial charge in [-0.2, -0.15) is 0 Å². The minimum absolute atomic E-state index is 0.344. The van der Waals surface area contributed by atoms with E-state index in [4.69, 9.17) is 17.3 Å². The predicted octanol–water partition coefficient (Wildman–Crippen LogP) is 4.99. The first-order valence-electron chi connectivity index (χ1n) is 9.49. The first-order valence-corrected chi connectivity index (χ1v) is 9.87. The smallest absolute Gasteiger partial charge is 0.154 e. The van der Waals surface area contributed by atoms with Gasteiger partial charge in [0.25, 0.3) is 0 Å². The summed E-state index contributed by atoms with van der Waals surface area (Å²) < 4.78 is 0. The second kappa shape index (κ2) is 7.75. The number of nitrogens with zero attached hydrogens (tertiary/aromatic N) is 2. The van der Waals surface area contributed by atoms with Crippen molar-refractivity contribution in [1.29, 1.82) is 0 Å². The lowest BCUT2D eigenvalue weighted by atomic mass is 10.1. The number of fused-ring (bicyclic) bond motifs is 1. The van der Waals surface area contributed by atoms with Crippen molar-refractivity contribution in [3.8, 4) is 0 Å². The number of aryl methyl sites for hydroxylation is 1. The number of nitrogens with one attached hydrogen (secondary N) is 1. The van der Waals surface area contributed by atoms with Gasteiger partial charge >= 0.3 is 0 Å². The molecule has 3 N–H and O–H groups in total. The van der Waals surface area contributed by atoms with E-state index in [1.54, 1.807) is 0 Å². The Bertz CT molecular complexity index is 964. The summed E-state index contributed by atoms with van der Waals surface area (Å²) in [5.74, 6) is 0. The van der Waals surface area contributed by atoms with Crippen LogP contribution in [0.5, 0.6) is 0 Å². The molecule has 140 valence electrons. The summed E-state index contributed by atoms with van der Waals surface area (Å²) in [5.41, 5.74) is 12.2. The van der Waals surface area contributed by atoms with Crippen molar-refractivity contribution < 1.29 is 0 Å². The van der Waals surface area contributed by atoms with E-state index in [-0.39, 0.29) is 0 Å². The maximum Gasteiger partial charge on any atom is 0.154 e. The highest BCUT2D eigenvalue weighted by Crippen LogP contribution is 2.34. The number of pyridine rings is 1. The topological polar surface area (TPSA) is 54.2 Å².